The van der Waals surface area contributed by atoms with Crippen LogP contribution in [0, 0.1) is 6.92 Å². The highest BCUT2D eigenvalue weighted by atomic mass is 127. The number of rotatable bonds is 5. The maximum atomic E-state index is 13.1. The second-order valence-corrected chi connectivity index (χ2v) is 7.04. The number of alkyl halides is 3. The van der Waals surface area contributed by atoms with Crippen LogP contribution >= 0.6 is 24.0 Å². The summed E-state index contributed by atoms with van der Waals surface area (Å²) >= 11 is 0. The van der Waals surface area contributed by atoms with Crippen LogP contribution in [0.4, 0.5) is 13.2 Å². The van der Waals surface area contributed by atoms with Crippen molar-refractivity contribution in [2.45, 2.75) is 33.1 Å². The van der Waals surface area contributed by atoms with Crippen molar-refractivity contribution in [2.75, 3.05) is 32.7 Å². The molecule has 0 amide bonds. The molecular formula is C18H27F3IN7O. The van der Waals surface area contributed by atoms with Crippen LogP contribution in [0.3, 0.4) is 0 Å². The second-order valence-electron chi connectivity index (χ2n) is 7.04. The number of halogens is 4. The average Bonchev–Trinajstić information content (AvgIpc) is 3.24. The molecule has 2 aromatic rings. The molecule has 1 aliphatic heterocycles. The van der Waals surface area contributed by atoms with E-state index in [4.69, 9.17) is 4.52 Å². The lowest BCUT2D eigenvalue weighted by Crippen LogP contribution is -2.52. The summed E-state index contributed by atoms with van der Waals surface area (Å²) in [5, 5.41) is 10.7. The van der Waals surface area contributed by atoms with Crippen molar-refractivity contribution in [3.63, 3.8) is 0 Å². The zero-order valence-corrected chi connectivity index (χ0v) is 19.6. The minimum atomic E-state index is -4.49. The standard InChI is InChI=1S/C18H26F3N7O.HI/c1-4-22-17(23-10-14-11-26(3)24-16(14)18(19,20)21)28-7-5-27(6-8-28)12-15-9-13(2)29-25-15;/h9,11H,4-8,10,12H2,1-3H3,(H,22,23);1H. The van der Waals surface area contributed by atoms with Crippen molar-refractivity contribution in [1.82, 2.24) is 30.1 Å². The molecule has 3 rings (SSSR count). The molecular weight excluding hydrogens is 514 g/mol. The number of aryl methyl sites for hydroxylation is 2. The van der Waals surface area contributed by atoms with Crippen molar-refractivity contribution in [3.05, 3.63) is 35.0 Å². The predicted molar refractivity (Wildman–Crippen MR) is 117 cm³/mol. The van der Waals surface area contributed by atoms with Crippen LogP contribution in [-0.4, -0.2) is 63.4 Å². The topological polar surface area (TPSA) is 74.7 Å². The third-order valence-electron chi connectivity index (χ3n) is 4.64. The van der Waals surface area contributed by atoms with Crippen molar-refractivity contribution >= 4 is 29.9 Å². The zero-order valence-electron chi connectivity index (χ0n) is 17.2. The fraction of sp³-hybridized carbons (Fsp3) is 0.611. The average molecular weight is 541 g/mol. The Bertz CT molecular complexity index is 841. The minimum absolute atomic E-state index is 0. The van der Waals surface area contributed by atoms with Gasteiger partial charge in [0.15, 0.2) is 11.7 Å². The van der Waals surface area contributed by atoms with E-state index >= 15 is 0 Å². The minimum Gasteiger partial charge on any atom is -0.361 e. The van der Waals surface area contributed by atoms with Crippen molar-refractivity contribution in [2.24, 2.45) is 12.0 Å². The fourth-order valence-corrected chi connectivity index (χ4v) is 3.32. The summed E-state index contributed by atoms with van der Waals surface area (Å²) in [5.74, 6) is 1.40. The Labute approximate surface area is 190 Å². The van der Waals surface area contributed by atoms with E-state index in [1.165, 1.54) is 17.9 Å². The van der Waals surface area contributed by atoms with Crippen molar-refractivity contribution in [1.29, 1.82) is 0 Å². The predicted octanol–water partition coefficient (Wildman–Crippen LogP) is 2.64. The maximum Gasteiger partial charge on any atom is 0.435 e. The smallest absolute Gasteiger partial charge is 0.361 e. The third kappa shape index (κ3) is 6.33. The molecule has 1 aliphatic rings. The van der Waals surface area contributed by atoms with Gasteiger partial charge in [0, 0.05) is 64.1 Å². The first kappa shape index (κ1) is 24.4. The van der Waals surface area contributed by atoms with Gasteiger partial charge >= 0.3 is 6.18 Å². The summed E-state index contributed by atoms with van der Waals surface area (Å²) in [4.78, 5) is 8.77. The van der Waals surface area contributed by atoms with Crippen LogP contribution in [0.15, 0.2) is 21.8 Å². The van der Waals surface area contributed by atoms with E-state index in [0.29, 0.717) is 19.0 Å². The van der Waals surface area contributed by atoms with Gasteiger partial charge in [-0.15, -0.1) is 24.0 Å². The molecule has 2 aromatic heterocycles. The summed E-state index contributed by atoms with van der Waals surface area (Å²) < 4.78 is 45.7. The van der Waals surface area contributed by atoms with Gasteiger partial charge in [0.1, 0.15) is 5.76 Å². The summed E-state index contributed by atoms with van der Waals surface area (Å²) in [7, 11) is 1.48. The second kappa shape index (κ2) is 10.5. The Balaban J connectivity index is 0.00000320. The molecule has 0 spiro atoms. The molecule has 0 atom stereocenters. The highest BCUT2D eigenvalue weighted by molar-refractivity contribution is 14.0. The molecule has 0 unspecified atom stereocenters. The van der Waals surface area contributed by atoms with E-state index in [2.05, 4.69) is 30.4 Å². The number of hydrogen-bond acceptors (Lipinski definition) is 5. The summed E-state index contributed by atoms with van der Waals surface area (Å²) in [5.41, 5.74) is 0.0792. The Morgan fingerprint density at radius 2 is 1.97 bits per heavy atom. The van der Waals surface area contributed by atoms with Crippen LogP contribution in [0.25, 0.3) is 0 Å². The molecule has 0 saturated carbocycles. The summed E-state index contributed by atoms with van der Waals surface area (Å²) in [6, 6.07) is 1.92. The lowest BCUT2D eigenvalue weighted by atomic mass is 10.2. The van der Waals surface area contributed by atoms with Crippen LogP contribution in [0.1, 0.15) is 29.6 Å². The van der Waals surface area contributed by atoms with E-state index in [0.717, 1.165) is 37.6 Å². The molecule has 1 N–H and O–H groups in total. The van der Waals surface area contributed by atoms with Crippen molar-refractivity contribution < 1.29 is 17.7 Å². The monoisotopic (exact) mass is 541 g/mol. The van der Waals surface area contributed by atoms with Gasteiger partial charge in [0.25, 0.3) is 0 Å². The molecule has 168 valence electrons. The van der Waals surface area contributed by atoms with Crippen LogP contribution in [0.5, 0.6) is 0 Å². The molecule has 0 bridgehead atoms. The molecule has 0 aliphatic carbocycles. The van der Waals surface area contributed by atoms with Gasteiger partial charge in [-0.3, -0.25) is 9.58 Å². The van der Waals surface area contributed by atoms with E-state index in [-0.39, 0.29) is 36.1 Å². The number of nitrogens with one attached hydrogen (secondary N) is 1. The number of hydrogen-bond donors (Lipinski definition) is 1. The number of guanidine groups is 1. The molecule has 8 nitrogen and oxygen atoms in total. The molecule has 0 aromatic carbocycles. The SMILES string of the molecule is CCNC(=NCc1cn(C)nc1C(F)(F)F)N1CCN(Cc2cc(C)on2)CC1.I. The van der Waals surface area contributed by atoms with Crippen LogP contribution in [-0.2, 0) is 26.3 Å². The Morgan fingerprint density at radius 3 is 2.53 bits per heavy atom. The van der Waals surface area contributed by atoms with Gasteiger partial charge < -0.3 is 14.7 Å². The van der Waals surface area contributed by atoms with Crippen molar-refractivity contribution in [3.8, 4) is 0 Å². The molecule has 1 fully saturated rings. The lowest BCUT2D eigenvalue weighted by Gasteiger charge is -2.36. The number of piperazine rings is 1. The number of nitrogens with zero attached hydrogens (tertiary/aromatic N) is 6. The lowest BCUT2D eigenvalue weighted by molar-refractivity contribution is -0.142. The normalized spacial score (nSPS) is 15.9. The van der Waals surface area contributed by atoms with Gasteiger partial charge in [0.05, 0.1) is 12.2 Å². The van der Waals surface area contributed by atoms with Gasteiger partial charge in [-0.05, 0) is 13.8 Å². The van der Waals surface area contributed by atoms with Gasteiger partial charge in [-0.25, -0.2) is 4.99 Å². The van der Waals surface area contributed by atoms with Crippen LogP contribution < -0.4 is 5.32 Å². The molecule has 3 heterocycles. The van der Waals surface area contributed by atoms with Gasteiger partial charge in [0.2, 0.25) is 0 Å². The van der Waals surface area contributed by atoms with Crippen LogP contribution in [0.2, 0.25) is 0 Å². The summed E-state index contributed by atoms with van der Waals surface area (Å²) in [6.45, 7) is 8.12. The highest BCUT2D eigenvalue weighted by Crippen LogP contribution is 2.30. The molecule has 30 heavy (non-hydrogen) atoms. The van der Waals surface area contributed by atoms with Gasteiger partial charge in [-0.2, -0.15) is 18.3 Å². The maximum absolute atomic E-state index is 13.1. The Kier molecular flexibility index (Phi) is 8.52. The van der Waals surface area contributed by atoms with E-state index < -0.39 is 11.9 Å². The molecule has 0 radical (unpaired) electrons. The Morgan fingerprint density at radius 1 is 1.27 bits per heavy atom. The summed E-state index contributed by atoms with van der Waals surface area (Å²) in [6.07, 6.45) is -3.12. The van der Waals surface area contributed by atoms with E-state index in [1.807, 2.05) is 19.9 Å². The van der Waals surface area contributed by atoms with E-state index in [9.17, 15) is 13.2 Å². The first-order valence-electron chi connectivity index (χ1n) is 9.53. The Hall–Kier alpha value is -1.83. The number of aromatic nitrogens is 3. The van der Waals surface area contributed by atoms with E-state index in [1.54, 1.807) is 0 Å². The third-order valence-corrected chi connectivity index (χ3v) is 4.64. The fourth-order valence-electron chi connectivity index (χ4n) is 3.32. The molecule has 12 heteroatoms. The largest absolute Gasteiger partial charge is 0.435 e. The first-order valence-corrected chi connectivity index (χ1v) is 9.53. The highest BCUT2D eigenvalue weighted by Gasteiger charge is 2.36. The molecule has 1 saturated heterocycles. The number of aliphatic imine (C=N–C) groups is 1. The zero-order chi connectivity index (χ0) is 21.0. The van der Waals surface area contributed by atoms with Gasteiger partial charge in [-0.1, -0.05) is 5.16 Å². The quantitative estimate of drug-likeness (QED) is 0.357. The first-order chi connectivity index (χ1) is 13.8.